The van der Waals surface area contributed by atoms with Gasteiger partial charge in [0.15, 0.2) is 11.2 Å². The fraction of sp³-hybridized carbons (Fsp3) is 0.538. The molecule has 7 heteroatoms. The van der Waals surface area contributed by atoms with Crippen molar-refractivity contribution in [2.45, 2.75) is 32.7 Å². The van der Waals surface area contributed by atoms with Crippen LogP contribution < -0.4 is 11.2 Å². The predicted molar refractivity (Wildman–Crippen MR) is 74.7 cm³/mol. The molecule has 0 aliphatic carbocycles. The minimum Gasteiger partial charge on any atom is -0.328 e. The zero-order valence-electron chi connectivity index (χ0n) is 14.4. The molecule has 2 aromatic heterocycles. The minimum absolute atomic E-state index is 0.0381. The first kappa shape index (κ1) is 10.6. The van der Waals surface area contributed by atoms with Gasteiger partial charge in [0.05, 0.1) is 6.33 Å². The minimum atomic E-state index is -2.56. The zero-order valence-corrected chi connectivity index (χ0v) is 11.4. The standard InChI is InChI=1S/C13H18N4O3/c1-9(18)6-4-5-7-17-12(19)10-11(14-8-15(10)2)16(3)13(17)20/h8H,4-7H2,1-3H3/i2+1D3. The van der Waals surface area contributed by atoms with E-state index in [1.807, 2.05) is 0 Å². The van der Waals surface area contributed by atoms with Gasteiger partial charge in [-0.25, -0.2) is 9.78 Å². The number of fused-ring (bicyclic) bond motifs is 1. The molecule has 0 radical (unpaired) electrons. The summed E-state index contributed by atoms with van der Waals surface area (Å²) in [5, 5.41) is 0. The second kappa shape index (κ2) is 5.44. The Hall–Kier alpha value is -2.18. The van der Waals surface area contributed by atoms with E-state index in [-0.39, 0.29) is 23.5 Å². The van der Waals surface area contributed by atoms with Gasteiger partial charge in [-0.05, 0) is 19.8 Å². The lowest BCUT2D eigenvalue weighted by Gasteiger charge is -2.08. The van der Waals surface area contributed by atoms with Crippen molar-refractivity contribution < 1.29 is 8.91 Å². The molecule has 0 aromatic carbocycles. The van der Waals surface area contributed by atoms with Crippen molar-refractivity contribution in [2.24, 2.45) is 14.0 Å². The number of aryl methyl sites for hydroxylation is 2. The summed E-state index contributed by atoms with van der Waals surface area (Å²) in [4.78, 5) is 39.6. The maximum atomic E-state index is 12.5. The zero-order chi connectivity index (χ0) is 17.4. The van der Waals surface area contributed by atoms with Crippen molar-refractivity contribution >= 4 is 16.9 Å². The number of nitrogens with zero attached hydrogens (tertiary/aromatic N) is 4. The van der Waals surface area contributed by atoms with Gasteiger partial charge in [0.2, 0.25) is 0 Å². The van der Waals surface area contributed by atoms with E-state index in [9.17, 15) is 14.4 Å². The van der Waals surface area contributed by atoms with E-state index in [1.165, 1.54) is 14.0 Å². The van der Waals surface area contributed by atoms with Crippen LogP contribution in [0.2, 0.25) is 0 Å². The molecule has 20 heavy (non-hydrogen) atoms. The molecule has 0 amide bonds. The third-order valence-corrected chi connectivity index (χ3v) is 3.19. The van der Waals surface area contributed by atoms with Crippen LogP contribution in [-0.4, -0.2) is 24.5 Å². The fourth-order valence-corrected chi connectivity index (χ4v) is 2.11. The molecular formula is C13H18N4O3. The van der Waals surface area contributed by atoms with Gasteiger partial charge in [0.1, 0.15) is 5.78 Å². The summed E-state index contributed by atoms with van der Waals surface area (Å²) >= 11 is 0. The Kier molecular flexibility index (Phi) is 2.88. The molecule has 0 atom stereocenters. The van der Waals surface area contributed by atoms with Crippen LogP contribution in [0.25, 0.3) is 11.2 Å². The highest BCUT2D eigenvalue weighted by atomic mass is 16.2. The normalized spacial score (nSPS) is 14.0. The molecular weight excluding hydrogens is 261 g/mol. The number of unbranched alkanes of at least 4 members (excludes halogenated alkanes) is 1. The molecule has 0 N–H and O–H groups in total. The van der Waals surface area contributed by atoms with Gasteiger partial charge in [0, 0.05) is 31.1 Å². The Morgan fingerprint density at radius 1 is 1.40 bits per heavy atom. The Bertz CT molecular complexity index is 860. The van der Waals surface area contributed by atoms with E-state index in [2.05, 4.69) is 4.98 Å². The molecule has 0 aliphatic heterocycles. The van der Waals surface area contributed by atoms with Crippen molar-refractivity contribution in [1.29, 1.82) is 0 Å². The Labute approximate surface area is 119 Å². The topological polar surface area (TPSA) is 78.9 Å². The van der Waals surface area contributed by atoms with Crippen LogP contribution in [0.5, 0.6) is 0 Å². The first-order chi connectivity index (χ1) is 10.6. The molecule has 7 nitrogen and oxygen atoms in total. The van der Waals surface area contributed by atoms with Gasteiger partial charge < -0.3 is 9.36 Å². The monoisotopic (exact) mass is 282 g/mol. The summed E-state index contributed by atoms with van der Waals surface area (Å²) < 4.78 is 25.3. The number of Topliss-reactive ketones (excluding diaryl/α,β-unsaturated/α-hetero) is 1. The summed E-state index contributed by atoms with van der Waals surface area (Å²) in [5.74, 6) is 0.0428. The summed E-state index contributed by atoms with van der Waals surface area (Å²) in [5.41, 5.74) is -1.32. The molecule has 0 fully saturated rings. The Balaban J connectivity index is 2.51. The first-order valence-electron chi connectivity index (χ1n) is 7.81. The molecule has 0 bridgehead atoms. The van der Waals surface area contributed by atoms with E-state index in [0.29, 0.717) is 19.3 Å². The quantitative estimate of drug-likeness (QED) is 0.579. The number of hydrogen-bond donors (Lipinski definition) is 0. The van der Waals surface area contributed by atoms with Crippen LogP contribution in [0.15, 0.2) is 15.9 Å². The lowest BCUT2D eigenvalue weighted by molar-refractivity contribution is -0.117. The number of ketones is 1. The predicted octanol–water partition coefficient (Wildman–Crippen LogP) is 0.193. The second-order valence-electron chi connectivity index (χ2n) is 4.74. The lowest BCUT2D eigenvalue weighted by atomic mass is 10.2. The Morgan fingerprint density at radius 2 is 2.15 bits per heavy atom. The number of carbonyl (C=O) groups excluding carboxylic acids is 1. The highest BCUT2D eigenvalue weighted by Crippen LogP contribution is 2.04. The number of imidazole rings is 1. The van der Waals surface area contributed by atoms with Crippen molar-refractivity contribution in [3.05, 3.63) is 27.2 Å². The van der Waals surface area contributed by atoms with E-state index >= 15 is 0 Å². The Morgan fingerprint density at radius 3 is 2.80 bits per heavy atom. The average molecular weight is 282 g/mol. The maximum Gasteiger partial charge on any atom is 0.332 e. The van der Waals surface area contributed by atoms with Crippen molar-refractivity contribution in [1.82, 2.24) is 18.7 Å². The van der Waals surface area contributed by atoms with Crippen molar-refractivity contribution in [3.63, 3.8) is 0 Å². The third-order valence-electron chi connectivity index (χ3n) is 3.19. The fourth-order valence-electron chi connectivity index (χ4n) is 2.11. The largest absolute Gasteiger partial charge is 0.332 e. The molecule has 0 spiro atoms. The molecule has 0 saturated heterocycles. The molecule has 0 saturated carbocycles. The molecule has 0 unspecified atom stereocenters. The van der Waals surface area contributed by atoms with Crippen LogP contribution in [0.4, 0.5) is 0 Å². The maximum absolute atomic E-state index is 12.5. The van der Waals surface area contributed by atoms with Crippen LogP contribution in [0.1, 0.15) is 30.3 Å². The summed E-state index contributed by atoms with van der Waals surface area (Å²) in [6.45, 7) is -0.954. The summed E-state index contributed by atoms with van der Waals surface area (Å²) in [6, 6.07) is 0. The second-order valence-corrected chi connectivity index (χ2v) is 4.74. The van der Waals surface area contributed by atoms with Gasteiger partial charge in [-0.1, -0.05) is 0 Å². The van der Waals surface area contributed by atoms with Crippen LogP contribution in [0.3, 0.4) is 0 Å². The summed E-state index contributed by atoms with van der Waals surface area (Å²) in [7, 11) is 1.44. The van der Waals surface area contributed by atoms with Gasteiger partial charge >= 0.3 is 5.69 Å². The third kappa shape index (κ3) is 2.43. The highest BCUT2D eigenvalue weighted by Gasteiger charge is 2.14. The molecule has 2 aromatic rings. The van der Waals surface area contributed by atoms with Gasteiger partial charge in [-0.3, -0.25) is 13.9 Å². The average Bonchev–Trinajstić information content (AvgIpc) is 2.89. The van der Waals surface area contributed by atoms with Crippen LogP contribution in [-0.2, 0) is 25.4 Å². The number of carbonyl (C=O) groups is 1. The summed E-state index contributed by atoms with van der Waals surface area (Å²) in [6.07, 6.45) is 2.45. The van der Waals surface area contributed by atoms with E-state index in [1.54, 1.807) is 0 Å². The van der Waals surface area contributed by atoms with E-state index in [4.69, 9.17) is 4.11 Å². The van der Waals surface area contributed by atoms with E-state index in [0.717, 1.165) is 20.0 Å². The SMILES string of the molecule is [2H][13C]([2H])([2H])n1cnc2c1c(=O)n(CCCCC(C)=O)c(=O)n2C. The van der Waals surface area contributed by atoms with Gasteiger partial charge in [-0.15, -0.1) is 0 Å². The smallest absolute Gasteiger partial charge is 0.328 e. The van der Waals surface area contributed by atoms with Crippen LogP contribution in [0, 0.1) is 0 Å². The highest BCUT2D eigenvalue weighted by molar-refractivity contribution is 5.75. The van der Waals surface area contributed by atoms with E-state index < -0.39 is 18.2 Å². The molecule has 108 valence electrons. The number of rotatable bonds is 5. The van der Waals surface area contributed by atoms with Gasteiger partial charge in [-0.2, -0.15) is 0 Å². The first-order valence-corrected chi connectivity index (χ1v) is 6.31. The molecule has 0 aliphatic rings. The lowest BCUT2D eigenvalue weighted by Crippen LogP contribution is -2.39. The van der Waals surface area contributed by atoms with Gasteiger partial charge in [0.25, 0.3) is 5.56 Å². The van der Waals surface area contributed by atoms with Crippen molar-refractivity contribution in [2.75, 3.05) is 0 Å². The number of hydrogen-bond acceptors (Lipinski definition) is 4. The van der Waals surface area contributed by atoms with Crippen LogP contribution >= 0.6 is 0 Å². The molecule has 2 heterocycles. The van der Waals surface area contributed by atoms with Crippen molar-refractivity contribution in [3.8, 4) is 0 Å². The number of aromatic nitrogens is 4. The molecule has 2 rings (SSSR count).